The highest BCUT2D eigenvalue weighted by atomic mass is 127. The third kappa shape index (κ3) is 9.56. The normalized spacial score (nSPS) is 17.4. The Morgan fingerprint density at radius 1 is 1.14 bits per heavy atom. The minimum absolute atomic E-state index is 0. The molecule has 1 aromatic rings. The molecule has 2 rings (SSSR count). The van der Waals surface area contributed by atoms with E-state index in [1.54, 1.807) is 0 Å². The summed E-state index contributed by atoms with van der Waals surface area (Å²) < 4.78 is 0. The van der Waals surface area contributed by atoms with Crippen LogP contribution in [-0.4, -0.2) is 54.8 Å². The molecule has 0 saturated carbocycles. The van der Waals surface area contributed by atoms with E-state index in [0.717, 1.165) is 57.8 Å². The lowest BCUT2D eigenvalue weighted by Crippen LogP contribution is -2.39. The summed E-state index contributed by atoms with van der Waals surface area (Å²) in [6.45, 7) is 9.44. The Kier molecular flexibility index (Phi) is 13.5. The van der Waals surface area contributed by atoms with Crippen LogP contribution in [0.15, 0.2) is 29.3 Å². The number of guanidine groups is 1. The van der Waals surface area contributed by atoms with E-state index < -0.39 is 0 Å². The fraction of sp³-hybridized carbons (Fsp3) is 0.682. The molecule has 3 N–H and O–H groups in total. The van der Waals surface area contributed by atoms with Crippen LogP contribution in [0.5, 0.6) is 0 Å². The van der Waals surface area contributed by atoms with Gasteiger partial charge >= 0.3 is 0 Å². The van der Waals surface area contributed by atoms with E-state index in [1.165, 1.54) is 24.0 Å². The summed E-state index contributed by atoms with van der Waals surface area (Å²) in [6, 6.07) is 8.97. The van der Waals surface area contributed by atoms with Crippen molar-refractivity contribution >= 4 is 29.9 Å². The average molecular weight is 502 g/mol. The lowest BCUT2D eigenvalue weighted by molar-refractivity contribution is 0.157. The molecule has 1 atom stereocenters. The van der Waals surface area contributed by atoms with E-state index in [4.69, 9.17) is 4.99 Å². The van der Waals surface area contributed by atoms with Gasteiger partial charge in [0.25, 0.3) is 0 Å². The van der Waals surface area contributed by atoms with Crippen molar-refractivity contribution in [2.24, 2.45) is 4.99 Å². The molecule has 1 saturated heterocycles. The molecule has 5 nitrogen and oxygen atoms in total. The summed E-state index contributed by atoms with van der Waals surface area (Å²) in [4.78, 5) is 7.18. The van der Waals surface area contributed by atoms with Crippen LogP contribution in [0.2, 0.25) is 0 Å². The Hall–Kier alpha value is -0.860. The number of halogens is 1. The van der Waals surface area contributed by atoms with E-state index in [0.29, 0.717) is 19.2 Å². The second kappa shape index (κ2) is 15.0. The third-order valence-corrected chi connectivity index (χ3v) is 5.24. The number of nitrogens with zero attached hydrogens (tertiary/aromatic N) is 2. The van der Waals surface area contributed by atoms with Gasteiger partial charge in [0, 0.05) is 19.1 Å². The molecular formula is C22H39IN4O. The molecule has 0 radical (unpaired) electrons. The second-order valence-electron chi connectivity index (χ2n) is 7.58. The number of nitrogens with one attached hydrogen (secondary N) is 2. The number of rotatable bonds is 11. The summed E-state index contributed by atoms with van der Waals surface area (Å²) in [5.41, 5.74) is 2.52. The summed E-state index contributed by atoms with van der Waals surface area (Å²) in [5, 5.41) is 16.3. The minimum atomic E-state index is 0. The molecule has 0 spiro atoms. The number of aliphatic hydroxyl groups excluding tert-OH is 1. The summed E-state index contributed by atoms with van der Waals surface area (Å²) in [6.07, 6.45) is 6.98. The van der Waals surface area contributed by atoms with Crippen molar-refractivity contribution in [1.82, 2.24) is 15.5 Å². The minimum Gasteiger partial charge on any atom is -0.395 e. The molecule has 1 aromatic carbocycles. The lowest BCUT2D eigenvalue weighted by atomic mass is 10.1. The van der Waals surface area contributed by atoms with Gasteiger partial charge < -0.3 is 15.7 Å². The topological polar surface area (TPSA) is 59.9 Å². The maximum absolute atomic E-state index is 9.40. The first kappa shape index (κ1) is 25.2. The van der Waals surface area contributed by atoms with Crippen molar-refractivity contribution in [3.05, 3.63) is 35.4 Å². The van der Waals surface area contributed by atoms with Gasteiger partial charge in [-0.2, -0.15) is 0 Å². The fourth-order valence-corrected chi connectivity index (χ4v) is 3.46. The summed E-state index contributed by atoms with van der Waals surface area (Å²) in [5.74, 6) is 0.915. The molecule has 1 fully saturated rings. The number of aliphatic hydroxyl groups is 1. The van der Waals surface area contributed by atoms with Crippen LogP contribution in [0.4, 0.5) is 0 Å². The van der Waals surface area contributed by atoms with Crippen molar-refractivity contribution in [3.8, 4) is 0 Å². The molecule has 160 valence electrons. The van der Waals surface area contributed by atoms with E-state index >= 15 is 0 Å². The van der Waals surface area contributed by atoms with E-state index in [1.807, 2.05) is 0 Å². The van der Waals surface area contributed by atoms with Crippen molar-refractivity contribution in [2.75, 3.05) is 32.8 Å². The Labute approximate surface area is 188 Å². The van der Waals surface area contributed by atoms with E-state index in [9.17, 15) is 5.11 Å². The SMILES string of the molecule is CCCCNC(=NCc1ccc(C)cc1)NCCCCN1CCCC1CO.I. The van der Waals surface area contributed by atoms with E-state index in [-0.39, 0.29) is 24.0 Å². The summed E-state index contributed by atoms with van der Waals surface area (Å²) >= 11 is 0. The quantitative estimate of drug-likeness (QED) is 0.187. The highest BCUT2D eigenvalue weighted by Crippen LogP contribution is 2.16. The number of hydrogen-bond acceptors (Lipinski definition) is 3. The maximum atomic E-state index is 9.40. The summed E-state index contributed by atoms with van der Waals surface area (Å²) in [7, 11) is 0. The van der Waals surface area contributed by atoms with Crippen LogP contribution in [-0.2, 0) is 6.54 Å². The Morgan fingerprint density at radius 3 is 2.54 bits per heavy atom. The molecule has 0 bridgehead atoms. The number of likely N-dealkylation sites (tertiary alicyclic amines) is 1. The Bertz CT molecular complexity index is 550. The number of aliphatic imine (C=N–C) groups is 1. The molecule has 0 amide bonds. The first-order valence-electron chi connectivity index (χ1n) is 10.7. The van der Waals surface area contributed by atoms with Crippen LogP contribution in [0.1, 0.15) is 56.6 Å². The molecule has 6 heteroatoms. The van der Waals surface area contributed by atoms with Crippen LogP contribution >= 0.6 is 24.0 Å². The maximum Gasteiger partial charge on any atom is 0.191 e. The van der Waals surface area contributed by atoms with Crippen LogP contribution in [0.3, 0.4) is 0 Å². The lowest BCUT2D eigenvalue weighted by Gasteiger charge is -2.22. The zero-order valence-electron chi connectivity index (χ0n) is 17.6. The average Bonchev–Trinajstić information content (AvgIpc) is 3.14. The Morgan fingerprint density at radius 2 is 1.86 bits per heavy atom. The number of aryl methyl sites for hydroxylation is 1. The number of hydrogen-bond donors (Lipinski definition) is 3. The first-order chi connectivity index (χ1) is 13.2. The van der Waals surface area contributed by atoms with Gasteiger partial charge in [0.15, 0.2) is 5.96 Å². The van der Waals surface area contributed by atoms with Crippen LogP contribution in [0, 0.1) is 6.92 Å². The molecule has 0 aromatic heterocycles. The van der Waals surface area contributed by atoms with Crippen molar-refractivity contribution in [1.29, 1.82) is 0 Å². The smallest absolute Gasteiger partial charge is 0.191 e. The fourth-order valence-electron chi connectivity index (χ4n) is 3.46. The standard InChI is InChI=1S/C22H38N4O.HI/c1-3-4-13-23-22(25-17-20-11-9-19(2)10-12-20)24-14-5-6-15-26-16-7-8-21(26)18-27;/h9-12,21,27H,3-8,13-18H2,1-2H3,(H2,23,24,25);1H. The predicted octanol–water partition coefficient (Wildman–Crippen LogP) is 3.69. The molecule has 1 heterocycles. The number of benzene rings is 1. The van der Waals surface area contributed by atoms with Gasteiger partial charge in [-0.25, -0.2) is 4.99 Å². The highest BCUT2D eigenvalue weighted by Gasteiger charge is 2.22. The zero-order chi connectivity index (χ0) is 19.3. The van der Waals surface area contributed by atoms with Gasteiger partial charge in [0.2, 0.25) is 0 Å². The molecular weight excluding hydrogens is 463 g/mol. The van der Waals surface area contributed by atoms with Gasteiger partial charge in [0.1, 0.15) is 0 Å². The van der Waals surface area contributed by atoms with Crippen LogP contribution in [0.25, 0.3) is 0 Å². The third-order valence-electron chi connectivity index (χ3n) is 5.24. The number of unbranched alkanes of at least 4 members (excludes halogenated alkanes) is 2. The van der Waals surface area contributed by atoms with Crippen molar-refractivity contribution < 1.29 is 5.11 Å². The van der Waals surface area contributed by atoms with Gasteiger partial charge in [-0.05, 0) is 57.7 Å². The van der Waals surface area contributed by atoms with Gasteiger partial charge in [0.05, 0.1) is 13.2 Å². The molecule has 1 aliphatic rings. The van der Waals surface area contributed by atoms with Crippen LogP contribution < -0.4 is 10.6 Å². The van der Waals surface area contributed by atoms with E-state index in [2.05, 4.69) is 53.6 Å². The molecule has 1 aliphatic heterocycles. The Balaban J connectivity index is 0.00000392. The monoisotopic (exact) mass is 502 g/mol. The largest absolute Gasteiger partial charge is 0.395 e. The predicted molar refractivity (Wildman–Crippen MR) is 130 cm³/mol. The zero-order valence-corrected chi connectivity index (χ0v) is 20.0. The molecule has 0 aliphatic carbocycles. The molecule has 1 unspecified atom stereocenters. The van der Waals surface area contributed by atoms with Gasteiger partial charge in [-0.1, -0.05) is 43.2 Å². The molecule has 28 heavy (non-hydrogen) atoms. The van der Waals surface area contributed by atoms with Crippen molar-refractivity contribution in [2.45, 2.75) is 65.0 Å². The van der Waals surface area contributed by atoms with Gasteiger partial charge in [-0.3, -0.25) is 4.90 Å². The van der Waals surface area contributed by atoms with Crippen molar-refractivity contribution in [3.63, 3.8) is 0 Å². The second-order valence-corrected chi connectivity index (χ2v) is 7.58. The first-order valence-corrected chi connectivity index (χ1v) is 10.7. The van der Waals surface area contributed by atoms with Gasteiger partial charge in [-0.15, -0.1) is 24.0 Å². The highest BCUT2D eigenvalue weighted by molar-refractivity contribution is 14.0.